The fraction of sp³-hybridized carbons (Fsp3) is 0.273. The van der Waals surface area contributed by atoms with E-state index < -0.39 is 0 Å². The molecule has 2 aliphatic heterocycles. The van der Waals surface area contributed by atoms with Crippen LogP contribution in [0.2, 0.25) is 5.02 Å². The Morgan fingerprint density at radius 1 is 1.04 bits per heavy atom. The van der Waals surface area contributed by atoms with Crippen LogP contribution in [0.4, 0.5) is 0 Å². The first-order valence-electron chi connectivity index (χ1n) is 9.25. The molecule has 1 atom stereocenters. The Morgan fingerprint density at radius 2 is 1.93 bits per heavy atom. The van der Waals surface area contributed by atoms with Gasteiger partial charge in [-0.25, -0.2) is 0 Å². The minimum atomic E-state index is 0.212. The van der Waals surface area contributed by atoms with Crippen LogP contribution < -0.4 is 4.74 Å². The number of hydrogen-bond acceptors (Lipinski definition) is 3. The molecule has 0 amide bonds. The average Bonchev–Trinajstić information content (AvgIpc) is 3.17. The summed E-state index contributed by atoms with van der Waals surface area (Å²) in [5, 5.41) is 0.731. The maximum absolute atomic E-state index is 6.38. The largest absolute Gasteiger partial charge is 0.467 e. The monoisotopic (exact) mass is 380 g/mol. The van der Waals surface area contributed by atoms with Crippen LogP contribution in [0.1, 0.15) is 28.4 Å². The van der Waals surface area contributed by atoms with E-state index in [4.69, 9.17) is 21.1 Å². The molecular weight excluding hydrogens is 360 g/mol. The second kappa shape index (κ2) is 7.04. The standard InChI is InChI=1S/C22H21ClN2O2/c23-19-11-17(22-18(12-19)14-26-15-27-22)13-25-10-9-24-8-4-7-20(24)21(25)16-5-2-1-3-6-16/h1-8,11-12,21H,9-10,13-15H2. The lowest BCUT2D eigenvalue weighted by Crippen LogP contribution is -2.38. The van der Waals surface area contributed by atoms with Crippen LogP contribution in [0.15, 0.2) is 60.8 Å². The predicted molar refractivity (Wildman–Crippen MR) is 105 cm³/mol. The molecule has 138 valence electrons. The van der Waals surface area contributed by atoms with E-state index >= 15 is 0 Å². The van der Waals surface area contributed by atoms with Crippen molar-refractivity contribution in [1.82, 2.24) is 9.47 Å². The molecule has 3 heterocycles. The predicted octanol–water partition coefficient (Wildman–Crippen LogP) is 4.61. The molecule has 0 saturated carbocycles. The molecule has 2 aromatic carbocycles. The molecule has 27 heavy (non-hydrogen) atoms. The van der Waals surface area contributed by atoms with Gasteiger partial charge in [0.2, 0.25) is 0 Å². The van der Waals surface area contributed by atoms with Crippen molar-refractivity contribution in [2.75, 3.05) is 13.3 Å². The number of aromatic nitrogens is 1. The third kappa shape index (κ3) is 3.14. The Balaban J connectivity index is 1.54. The summed E-state index contributed by atoms with van der Waals surface area (Å²) < 4.78 is 13.6. The van der Waals surface area contributed by atoms with E-state index in [1.54, 1.807) is 0 Å². The van der Waals surface area contributed by atoms with Crippen molar-refractivity contribution in [2.24, 2.45) is 0 Å². The molecule has 0 saturated heterocycles. The molecule has 0 aliphatic carbocycles. The highest BCUT2D eigenvalue weighted by Gasteiger charge is 2.30. The molecule has 3 aromatic rings. The van der Waals surface area contributed by atoms with E-state index in [-0.39, 0.29) is 6.04 Å². The van der Waals surface area contributed by atoms with Gasteiger partial charge in [-0.3, -0.25) is 4.90 Å². The molecule has 4 nitrogen and oxygen atoms in total. The van der Waals surface area contributed by atoms with Crippen LogP contribution >= 0.6 is 11.6 Å². The van der Waals surface area contributed by atoms with Gasteiger partial charge in [-0.2, -0.15) is 0 Å². The van der Waals surface area contributed by atoms with E-state index in [1.165, 1.54) is 11.3 Å². The lowest BCUT2D eigenvalue weighted by atomic mass is 9.98. The number of nitrogens with zero attached hydrogens (tertiary/aromatic N) is 2. The summed E-state index contributed by atoms with van der Waals surface area (Å²) >= 11 is 6.38. The number of halogens is 1. The van der Waals surface area contributed by atoms with Crippen LogP contribution in [-0.4, -0.2) is 22.8 Å². The van der Waals surface area contributed by atoms with Crippen molar-refractivity contribution in [1.29, 1.82) is 0 Å². The summed E-state index contributed by atoms with van der Waals surface area (Å²) in [4.78, 5) is 2.51. The van der Waals surface area contributed by atoms with Crippen molar-refractivity contribution in [3.05, 3.63) is 88.2 Å². The summed E-state index contributed by atoms with van der Waals surface area (Å²) in [6.07, 6.45) is 2.17. The fourth-order valence-electron chi connectivity index (χ4n) is 4.21. The van der Waals surface area contributed by atoms with Crippen molar-refractivity contribution in [3.63, 3.8) is 0 Å². The molecule has 1 aromatic heterocycles. The summed E-state index contributed by atoms with van der Waals surface area (Å²) in [5.74, 6) is 0.929. The first-order valence-corrected chi connectivity index (χ1v) is 9.63. The van der Waals surface area contributed by atoms with Gasteiger partial charge in [0.1, 0.15) is 5.75 Å². The van der Waals surface area contributed by atoms with Crippen molar-refractivity contribution < 1.29 is 9.47 Å². The molecule has 0 bridgehead atoms. The molecular formula is C22H21ClN2O2. The minimum Gasteiger partial charge on any atom is -0.467 e. The zero-order chi connectivity index (χ0) is 18.2. The van der Waals surface area contributed by atoms with Gasteiger partial charge >= 0.3 is 0 Å². The summed E-state index contributed by atoms with van der Waals surface area (Å²) in [5.41, 5.74) is 4.78. The maximum Gasteiger partial charge on any atom is 0.189 e. The topological polar surface area (TPSA) is 26.6 Å². The molecule has 0 radical (unpaired) electrons. The van der Waals surface area contributed by atoms with Crippen LogP contribution in [0.25, 0.3) is 0 Å². The zero-order valence-electron chi connectivity index (χ0n) is 15.0. The molecule has 0 fully saturated rings. The number of fused-ring (bicyclic) bond motifs is 2. The Kier molecular flexibility index (Phi) is 4.40. The minimum absolute atomic E-state index is 0.212. The van der Waals surface area contributed by atoms with Crippen molar-refractivity contribution in [3.8, 4) is 5.75 Å². The number of benzene rings is 2. The normalized spacial score (nSPS) is 19.2. The van der Waals surface area contributed by atoms with Crippen LogP contribution in [0, 0.1) is 0 Å². The molecule has 0 N–H and O–H groups in total. The van der Waals surface area contributed by atoms with E-state index in [0.29, 0.717) is 13.4 Å². The van der Waals surface area contributed by atoms with Gasteiger partial charge in [0, 0.05) is 47.7 Å². The third-order valence-electron chi connectivity index (χ3n) is 5.38. The van der Waals surface area contributed by atoms with Crippen LogP contribution in [0.3, 0.4) is 0 Å². The van der Waals surface area contributed by atoms with Crippen LogP contribution in [-0.2, 0) is 24.4 Å². The Bertz CT molecular complexity index is 954. The van der Waals surface area contributed by atoms with Gasteiger partial charge in [0.05, 0.1) is 12.6 Å². The third-order valence-corrected chi connectivity index (χ3v) is 5.60. The zero-order valence-corrected chi connectivity index (χ0v) is 15.7. The number of rotatable bonds is 3. The van der Waals surface area contributed by atoms with Gasteiger partial charge in [0.25, 0.3) is 0 Å². The first-order chi connectivity index (χ1) is 13.3. The average molecular weight is 381 g/mol. The molecule has 1 unspecified atom stereocenters. The molecule has 0 spiro atoms. The summed E-state index contributed by atoms with van der Waals surface area (Å²) in [6.45, 7) is 3.59. The van der Waals surface area contributed by atoms with E-state index in [2.05, 4.69) is 58.1 Å². The van der Waals surface area contributed by atoms with Gasteiger partial charge in [-0.1, -0.05) is 41.9 Å². The van der Waals surface area contributed by atoms with Gasteiger partial charge < -0.3 is 14.0 Å². The highest BCUT2D eigenvalue weighted by atomic mass is 35.5. The number of hydrogen-bond donors (Lipinski definition) is 0. The Labute approximate surface area is 163 Å². The van der Waals surface area contributed by atoms with E-state index in [9.17, 15) is 0 Å². The highest BCUT2D eigenvalue weighted by Crippen LogP contribution is 2.37. The van der Waals surface area contributed by atoms with Crippen molar-refractivity contribution in [2.45, 2.75) is 25.7 Å². The van der Waals surface area contributed by atoms with E-state index in [1.807, 2.05) is 12.1 Å². The van der Waals surface area contributed by atoms with Gasteiger partial charge in [0.15, 0.2) is 6.79 Å². The SMILES string of the molecule is Clc1cc2c(c(CN3CCn4cccc4C3c3ccccc3)c1)OCOC2. The quantitative estimate of drug-likeness (QED) is 0.663. The lowest BCUT2D eigenvalue weighted by molar-refractivity contribution is -0.0176. The Morgan fingerprint density at radius 3 is 2.81 bits per heavy atom. The van der Waals surface area contributed by atoms with Gasteiger partial charge in [-0.05, 0) is 29.8 Å². The Hall–Kier alpha value is -2.27. The second-order valence-electron chi connectivity index (χ2n) is 7.07. The van der Waals surface area contributed by atoms with E-state index in [0.717, 1.165) is 41.5 Å². The lowest BCUT2D eigenvalue weighted by Gasteiger charge is -2.38. The second-order valence-corrected chi connectivity index (χ2v) is 7.51. The molecule has 5 heteroatoms. The molecule has 2 aliphatic rings. The molecule has 5 rings (SSSR count). The smallest absolute Gasteiger partial charge is 0.189 e. The first kappa shape index (κ1) is 16.9. The number of ether oxygens (including phenoxy) is 2. The summed E-state index contributed by atoms with van der Waals surface area (Å²) in [7, 11) is 0. The maximum atomic E-state index is 6.38. The highest BCUT2D eigenvalue weighted by molar-refractivity contribution is 6.30. The van der Waals surface area contributed by atoms with Crippen molar-refractivity contribution >= 4 is 11.6 Å². The fourth-order valence-corrected chi connectivity index (χ4v) is 4.48. The van der Waals surface area contributed by atoms with Crippen LogP contribution in [0.5, 0.6) is 5.75 Å². The van der Waals surface area contributed by atoms with Gasteiger partial charge in [-0.15, -0.1) is 0 Å². The summed E-state index contributed by atoms with van der Waals surface area (Å²) in [6, 6.07) is 19.2.